The Balaban J connectivity index is 1.91. The van der Waals surface area contributed by atoms with E-state index in [0.717, 1.165) is 4.31 Å². The molecule has 166 valence electrons. The molecule has 0 saturated carbocycles. The predicted molar refractivity (Wildman–Crippen MR) is 124 cm³/mol. The quantitative estimate of drug-likeness (QED) is 0.518. The fourth-order valence-corrected chi connectivity index (χ4v) is 4.67. The van der Waals surface area contributed by atoms with E-state index in [2.05, 4.69) is 10.1 Å². The molecule has 0 aliphatic carbocycles. The molecule has 0 heterocycles. The van der Waals surface area contributed by atoms with Crippen molar-refractivity contribution >= 4 is 44.9 Å². The molecule has 0 aliphatic rings. The summed E-state index contributed by atoms with van der Waals surface area (Å²) in [5.41, 5.74) is 1.68. The minimum atomic E-state index is -4.05. The van der Waals surface area contributed by atoms with E-state index >= 15 is 0 Å². The Morgan fingerprint density at radius 1 is 1.00 bits per heavy atom. The van der Waals surface area contributed by atoms with Crippen molar-refractivity contribution in [2.24, 2.45) is 0 Å². The zero-order valence-corrected chi connectivity index (χ0v) is 19.0. The SMILES string of the molecule is COC(=O)c1ccc(NC(=O)CN(c2cc(Cl)ccc2C)S(=O)(=O)c2ccccc2)cc1. The molecule has 0 radical (unpaired) electrons. The van der Waals surface area contributed by atoms with E-state index in [4.69, 9.17) is 11.6 Å². The van der Waals surface area contributed by atoms with Crippen LogP contribution in [-0.4, -0.2) is 33.9 Å². The lowest BCUT2D eigenvalue weighted by Crippen LogP contribution is -2.38. The minimum absolute atomic E-state index is 0.0506. The number of nitrogens with one attached hydrogen (secondary N) is 1. The minimum Gasteiger partial charge on any atom is -0.465 e. The normalized spacial score (nSPS) is 11.0. The van der Waals surface area contributed by atoms with Gasteiger partial charge in [-0.3, -0.25) is 9.10 Å². The number of carbonyl (C=O) groups is 2. The maximum absolute atomic E-state index is 13.4. The van der Waals surface area contributed by atoms with E-state index in [1.165, 1.54) is 49.6 Å². The van der Waals surface area contributed by atoms with Crippen molar-refractivity contribution in [3.63, 3.8) is 0 Å². The third kappa shape index (κ3) is 5.27. The number of nitrogens with zero attached hydrogens (tertiary/aromatic N) is 1. The lowest BCUT2D eigenvalue weighted by molar-refractivity contribution is -0.114. The van der Waals surface area contributed by atoms with Gasteiger partial charge in [0.1, 0.15) is 6.54 Å². The number of hydrogen-bond acceptors (Lipinski definition) is 5. The first-order valence-corrected chi connectivity index (χ1v) is 11.4. The van der Waals surface area contributed by atoms with Gasteiger partial charge in [-0.15, -0.1) is 0 Å². The summed E-state index contributed by atoms with van der Waals surface area (Å²) in [6.07, 6.45) is 0. The number of sulfonamides is 1. The van der Waals surface area contributed by atoms with Crippen LogP contribution in [0.15, 0.2) is 77.7 Å². The number of esters is 1. The van der Waals surface area contributed by atoms with Crippen LogP contribution in [0.3, 0.4) is 0 Å². The Morgan fingerprint density at radius 3 is 2.28 bits per heavy atom. The van der Waals surface area contributed by atoms with Gasteiger partial charge >= 0.3 is 5.97 Å². The van der Waals surface area contributed by atoms with Crippen LogP contribution in [0.1, 0.15) is 15.9 Å². The van der Waals surface area contributed by atoms with E-state index in [1.54, 1.807) is 37.3 Å². The van der Waals surface area contributed by atoms with Gasteiger partial charge in [0.05, 0.1) is 23.3 Å². The first-order chi connectivity index (χ1) is 15.2. The summed E-state index contributed by atoms with van der Waals surface area (Å²) in [4.78, 5) is 24.4. The second-order valence-corrected chi connectivity index (χ2v) is 9.17. The van der Waals surface area contributed by atoms with Gasteiger partial charge < -0.3 is 10.1 Å². The molecule has 0 saturated heterocycles. The van der Waals surface area contributed by atoms with Crippen molar-refractivity contribution in [1.29, 1.82) is 0 Å². The Kier molecular flexibility index (Phi) is 7.17. The van der Waals surface area contributed by atoms with E-state index in [0.29, 0.717) is 27.5 Å². The monoisotopic (exact) mass is 472 g/mol. The third-order valence-electron chi connectivity index (χ3n) is 4.65. The molecule has 0 bridgehead atoms. The van der Waals surface area contributed by atoms with E-state index in [-0.39, 0.29) is 4.90 Å². The number of amides is 1. The van der Waals surface area contributed by atoms with Gasteiger partial charge in [-0.05, 0) is 61.0 Å². The van der Waals surface area contributed by atoms with E-state index < -0.39 is 28.4 Å². The fourth-order valence-electron chi connectivity index (χ4n) is 3.01. The summed E-state index contributed by atoms with van der Waals surface area (Å²) >= 11 is 6.12. The van der Waals surface area contributed by atoms with Gasteiger partial charge in [-0.1, -0.05) is 35.9 Å². The highest BCUT2D eigenvalue weighted by molar-refractivity contribution is 7.92. The predicted octanol–water partition coefficient (Wildman–Crippen LogP) is 4.27. The molecule has 3 rings (SSSR count). The van der Waals surface area contributed by atoms with E-state index in [1.807, 2.05) is 0 Å². The number of carbonyl (C=O) groups excluding carboxylic acids is 2. The van der Waals surface area contributed by atoms with E-state index in [9.17, 15) is 18.0 Å². The fraction of sp³-hybridized carbons (Fsp3) is 0.130. The molecule has 0 aromatic heterocycles. The Hall–Kier alpha value is -3.36. The number of rotatable bonds is 7. The molecule has 9 heteroatoms. The first kappa shape index (κ1) is 23.3. The Bertz CT molecular complexity index is 1230. The standard InChI is InChI=1S/C23H21ClN2O5S/c1-16-8-11-18(24)14-21(16)26(32(29,30)20-6-4-3-5-7-20)15-22(27)25-19-12-9-17(10-13-19)23(28)31-2/h3-14H,15H2,1-2H3,(H,25,27). The van der Waals surface area contributed by atoms with Gasteiger partial charge in [-0.25, -0.2) is 13.2 Å². The number of aryl methyl sites for hydroxylation is 1. The molecular weight excluding hydrogens is 452 g/mol. The largest absolute Gasteiger partial charge is 0.465 e. The average molecular weight is 473 g/mol. The molecule has 0 fully saturated rings. The van der Waals surface area contributed by atoms with Crippen molar-refractivity contribution in [3.05, 3.63) is 88.9 Å². The molecule has 32 heavy (non-hydrogen) atoms. The maximum Gasteiger partial charge on any atom is 0.337 e. The first-order valence-electron chi connectivity index (χ1n) is 9.54. The van der Waals surface area contributed by atoms with Crippen molar-refractivity contribution in [2.75, 3.05) is 23.3 Å². The van der Waals surface area contributed by atoms with Gasteiger partial charge in [0.2, 0.25) is 5.91 Å². The molecule has 0 aliphatic heterocycles. The number of benzene rings is 3. The summed E-state index contributed by atoms with van der Waals surface area (Å²) in [6.45, 7) is 1.26. The van der Waals surface area contributed by atoms with Crippen LogP contribution >= 0.6 is 11.6 Å². The van der Waals surface area contributed by atoms with Crippen molar-refractivity contribution < 1.29 is 22.7 Å². The second kappa shape index (κ2) is 9.84. The third-order valence-corrected chi connectivity index (χ3v) is 6.66. The summed E-state index contributed by atoms with van der Waals surface area (Å²) < 4.78 is 32.5. The molecule has 3 aromatic rings. The van der Waals surface area contributed by atoms with Crippen LogP contribution in [0.2, 0.25) is 5.02 Å². The van der Waals surface area contributed by atoms with Crippen molar-refractivity contribution in [1.82, 2.24) is 0 Å². The molecule has 1 amide bonds. The molecule has 0 spiro atoms. The summed E-state index contributed by atoms with van der Waals surface area (Å²) in [5.74, 6) is -1.06. The van der Waals surface area contributed by atoms with Crippen LogP contribution in [0.4, 0.5) is 11.4 Å². The smallest absolute Gasteiger partial charge is 0.337 e. The Morgan fingerprint density at radius 2 is 1.66 bits per heavy atom. The number of ether oxygens (including phenoxy) is 1. The lowest BCUT2D eigenvalue weighted by Gasteiger charge is -2.26. The van der Waals surface area contributed by atoms with Gasteiger partial charge in [0, 0.05) is 10.7 Å². The van der Waals surface area contributed by atoms with Gasteiger partial charge in [0.15, 0.2) is 0 Å². The summed E-state index contributed by atoms with van der Waals surface area (Å²) in [5, 5.41) is 3.00. The average Bonchev–Trinajstić information content (AvgIpc) is 2.79. The number of anilines is 2. The zero-order chi connectivity index (χ0) is 23.3. The van der Waals surface area contributed by atoms with Crippen LogP contribution in [0.5, 0.6) is 0 Å². The summed E-state index contributed by atoms with van der Waals surface area (Å²) in [6, 6.07) is 18.8. The van der Waals surface area contributed by atoms with Gasteiger partial charge in [-0.2, -0.15) is 0 Å². The van der Waals surface area contributed by atoms with Gasteiger partial charge in [0.25, 0.3) is 10.0 Å². The molecule has 0 atom stereocenters. The lowest BCUT2D eigenvalue weighted by atomic mass is 10.2. The van der Waals surface area contributed by atoms with Crippen LogP contribution in [0, 0.1) is 6.92 Å². The maximum atomic E-state index is 13.4. The number of halogens is 1. The molecule has 0 unspecified atom stereocenters. The van der Waals surface area contributed by atoms with Crippen LogP contribution < -0.4 is 9.62 Å². The van der Waals surface area contributed by atoms with Crippen molar-refractivity contribution in [2.45, 2.75) is 11.8 Å². The molecule has 3 aromatic carbocycles. The second-order valence-electron chi connectivity index (χ2n) is 6.87. The molecular formula is C23H21ClN2O5S. The summed E-state index contributed by atoms with van der Waals surface area (Å²) in [7, 11) is -2.77. The van der Waals surface area contributed by atoms with Crippen LogP contribution in [0.25, 0.3) is 0 Å². The topological polar surface area (TPSA) is 92.8 Å². The highest BCUT2D eigenvalue weighted by atomic mass is 35.5. The highest BCUT2D eigenvalue weighted by Gasteiger charge is 2.28. The number of methoxy groups -OCH3 is 1. The highest BCUT2D eigenvalue weighted by Crippen LogP contribution is 2.29. The number of hydrogen-bond donors (Lipinski definition) is 1. The zero-order valence-electron chi connectivity index (χ0n) is 17.4. The van der Waals surface area contributed by atoms with Crippen LogP contribution in [-0.2, 0) is 19.6 Å². The Labute approximate surface area is 191 Å². The van der Waals surface area contributed by atoms with Crippen molar-refractivity contribution in [3.8, 4) is 0 Å². The molecule has 1 N–H and O–H groups in total. The molecule has 7 nitrogen and oxygen atoms in total.